The molecule has 1 N–H and O–H groups in total. The minimum Gasteiger partial charge on any atom is -0.465 e. The largest absolute Gasteiger partial charge is 0.465 e. The second kappa shape index (κ2) is 7.69. The molecular weight excluding hydrogens is 337 g/mol. The third-order valence-electron chi connectivity index (χ3n) is 3.20. The highest BCUT2D eigenvalue weighted by atomic mass is 19.4. The number of rotatable bonds is 5. The van der Waals surface area contributed by atoms with Gasteiger partial charge in [0, 0.05) is 13.1 Å². The number of halogens is 3. The van der Waals surface area contributed by atoms with Crippen LogP contribution in [-0.4, -0.2) is 30.3 Å². The molecule has 132 valence electrons. The SMILES string of the molecule is CN(CC(=O)Nc1ccccc1C(F)(F)F)C(=O)C=Cc1ccco1. The highest BCUT2D eigenvalue weighted by Gasteiger charge is 2.33. The van der Waals surface area contributed by atoms with Crippen molar-refractivity contribution in [3.8, 4) is 0 Å². The number of hydrogen-bond donors (Lipinski definition) is 1. The van der Waals surface area contributed by atoms with E-state index >= 15 is 0 Å². The quantitative estimate of drug-likeness (QED) is 0.839. The lowest BCUT2D eigenvalue weighted by molar-refractivity contribution is -0.137. The van der Waals surface area contributed by atoms with Crippen LogP contribution in [0.5, 0.6) is 0 Å². The first-order valence-corrected chi connectivity index (χ1v) is 7.20. The van der Waals surface area contributed by atoms with E-state index in [1.165, 1.54) is 37.6 Å². The lowest BCUT2D eigenvalue weighted by Gasteiger charge is -2.17. The maximum atomic E-state index is 12.9. The topological polar surface area (TPSA) is 62.6 Å². The Kier molecular flexibility index (Phi) is 5.63. The van der Waals surface area contributed by atoms with E-state index in [9.17, 15) is 22.8 Å². The van der Waals surface area contributed by atoms with Crippen molar-refractivity contribution in [2.75, 3.05) is 18.9 Å². The summed E-state index contributed by atoms with van der Waals surface area (Å²) >= 11 is 0. The lowest BCUT2D eigenvalue weighted by Crippen LogP contribution is -2.34. The molecule has 1 heterocycles. The van der Waals surface area contributed by atoms with Crippen LogP contribution in [-0.2, 0) is 15.8 Å². The highest BCUT2D eigenvalue weighted by Crippen LogP contribution is 2.34. The molecule has 0 spiro atoms. The predicted molar refractivity (Wildman–Crippen MR) is 85.5 cm³/mol. The van der Waals surface area contributed by atoms with E-state index in [0.29, 0.717) is 5.76 Å². The van der Waals surface area contributed by atoms with Gasteiger partial charge in [0.15, 0.2) is 0 Å². The Bertz CT molecular complexity index is 768. The zero-order chi connectivity index (χ0) is 18.4. The number of anilines is 1. The minimum atomic E-state index is -4.59. The fourth-order valence-electron chi connectivity index (χ4n) is 1.99. The molecule has 5 nitrogen and oxygen atoms in total. The Hall–Kier alpha value is -3.03. The van der Waals surface area contributed by atoms with Gasteiger partial charge in [-0.15, -0.1) is 0 Å². The molecule has 0 bridgehead atoms. The molecule has 8 heteroatoms. The number of carbonyl (C=O) groups excluding carboxylic acids is 2. The maximum Gasteiger partial charge on any atom is 0.418 e. The third-order valence-corrected chi connectivity index (χ3v) is 3.20. The smallest absolute Gasteiger partial charge is 0.418 e. The number of benzene rings is 1. The predicted octanol–water partition coefficient (Wildman–Crippen LogP) is 3.41. The summed E-state index contributed by atoms with van der Waals surface area (Å²) in [6.07, 6.45) is -0.512. The molecule has 0 unspecified atom stereocenters. The Labute approximate surface area is 141 Å². The van der Waals surface area contributed by atoms with Gasteiger partial charge in [-0.2, -0.15) is 13.2 Å². The average Bonchev–Trinajstić information content (AvgIpc) is 3.05. The Morgan fingerprint density at radius 2 is 1.92 bits per heavy atom. The van der Waals surface area contributed by atoms with Crippen molar-refractivity contribution in [1.29, 1.82) is 0 Å². The second-order valence-corrected chi connectivity index (χ2v) is 5.13. The first-order valence-electron chi connectivity index (χ1n) is 7.20. The summed E-state index contributed by atoms with van der Waals surface area (Å²) in [5, 5.41) is 2.18. The van der Waals surface area contributed by atoms with E-state index in [-0.39, 0.29) is 5.69 Å². The summed E-state index contributed by atoms with van der Waals surface area (Å²) in [5.74, 6) is -0.764. The van der Waals surface area contributed by atoms with Gasteiger partial charge in [0.25, 0.3) is 0 Å². The van der Waals surface area contributed by atoms with Gasteiger partial charge < -0.3 is 14.6 Å². The van der Waals surface area contributed by atoms with Gasteiger partial charge in [0.2, 0.25) is 11.8 Å². The van der Waals surface area contributed by atoms with Crippen molar-refractivity contribution in [3.63, 3.8) is 0 Å². The van der Waals surface area contributed by atoms with Crippen LogP contribution in [0.4, 0.5) is 18.9 Å². The van der Waals surface area contributed by atoms with Gasteiger partial charge in [0.05, 0.1) is 24.1 Å². The van der Waals surface area contributed by atoms with Crippen molar-refractivity contribution in [1.82, 2.24) is 4.90 Å². The first kappa shape index (κ1) is 18.3. The number of nitrogens with zero attached hydrogens (tertiary/aromatic N) is 1. The molecular formula is C17H15F3N2O3. The van der Waals surface area contributed by atoms with Gasteiger partial charge >= 0.3 is 6.18 Å². The minimum absolute atomic E-state index is 0.355. The normalized spacial score (nSPS) is 11.5. The molecule has 2 rings (SSSR count). The molecule has 0 saturated heterocycles. The summed E-state index contributed by atoms with van der Waals surface area (Å²) in [5.41, 5.74) is -1.30. The van der Waals surface area contributed by atoms with Crippen LogP contribution in [0.15, 0.2) is 53.2 Å². The van der Waals surface area contributed by atoms with Crippen LogP contribution >= 0.6 is 0 Å². The monoisotopic (exact) mass is 352 g/mol. The molecule has 0 aliphatic heterocycles. The van der Waals surface area contributed by atoms with Crippen LogP contribution in [0.2, 0.25) is 0 Å². The van der Waals surface area contributed by atoms with Gasteiger partial charge in [-0.05, 0) is 30.3 Å². The first-order chi connectivity index (χ1) is 11.8. The zero-order valence-corrected chi connectivity index (χ0v) is 13.2. The fourth-order valence-corrected chi connectivity index (χ4v) is 1.99. The molecule has 0 aliphatic rings. The number of furan rings is 1. The summed E-state index contributed by atoms with van der Waals surface area (Å²) < 4.78 is 43.7. The van der Waals surface area contributed by atoms with E-state index < -0.39 is 30.1 Å². The van der Waals surface area contributed by atoms with Crippen molar-refractivity contribution in [2.45, 2.75) is 6.18 Å². The standard InChI is InChI=1S/C17H15F3N2O3/c1-22(16(24)9-8-12-5-4-10-25-12)11-15(23)21-14-7-3-2-6-13(14)17(18,19)20/h2-10H,11H2,1H3,(H,21,23). The number of carbonyl (C=O) groups is 2. The van der Waals surface area contributed by atoms with Crippen molar-refractivity contribution >= 4 is 23.6 Å². The van der Waals surface area contributed by atoms with Crippen LogP contribution in [0.1, 0.15) is 11.3 Å². The van der Waals surface area contributed by atoms with Crippen LogP contribution in [0.3, 0.4) is 0 Å². The van der Waals surface area contributed by atoms with Gasteiger partial charge in [-0.25, -0.2) is 0 Å². The molecule has 25 heavy (non-hydrogen) atoms. The Morgan fingerprint density at radius 1 is 1.20 bits per heavy atom. The number of likely N-dealkylation sites (N-methyl/N-ethyl adjacent to an activating group) is 1. The van der Waals surface area contributed by atoms with Crippen molar-refractivity contribution in [3.05, 3.63) is 60.1 Å². The Morgan fingerprint density at radius 3 is 2.56 bits per heavy atom. The zero-order valence-electron chi connectivity index (χ0n) is 13.2. The lowest BCUT2D eigenvalue weighted by atomic mass is 10.1. The van der Waals surface area contributed by atoms with Gasteiger partial charge in [-0.1, -0.05) is 12.1 Å². The van der Waals surface area contributed by atoms with E-state index in [1.807, 2.05) is 0 Å². The molecule has 2 amide bonds. The van der Waals surface area contributed by atoms with E-state index in [0.717, 1.165) is 17.0 Å². The summed E-state index contributed by atoms with van der Waals surface area (Å²) in [7, 11) is 1.37. The summed E-state index contributed by atoms with van der Waals surface area (Å²) in [6.45, 7) is -0.395. The number of nitrogens with one attached hydrogen (secondary N) is 1. The third kappa shape index (κ3) is 5.23. The molecule has 2 aromatic rings. The van der Waals surface area contributed by atoms with Gasteiger partial charge in [-0.3, -0.25) is 9.59 Å². The van der Waals surface area contributed by atoms with Crippen LogP contribution < -0.4 is 5.32 Å². The molecule has 0 radical (unpaired) electrons. The number of para-hydroxylation sites is 1. The number of hydrogen-bond acceptors (Lipinski definition) is 3. The number of amides is 2. The summed E-state index contributed by atoms with van der Waals surface area (Å²) in [6, 6.07) is 7.93. The van der Waals surface area contributed by atoms with E-state index in [4.69, 9.17) is 4.42 Å². The Balaban J connectivity index is 1.97. The van der Waals surface area contributed by atoms with Crippen LogP contribution in [0, 0.1) is 0 Å². The van der Waals surface area contributed by atoms with Crippen molar-refractivity contribution in [2.24, 2.45) is 0 Å². The second-order valence-electron chi connectivity index (χ2n) is 5.13. The molecule has 1 aromatic carbocycles. The molecule has 0 saturated carbocycles. The van der Waals surface area contributed by atoms with Gasteiger partial charge in [0.1, 0.15) is 5.76 Å². The van der Waals surface area contributed by atoms with Crippen molar-refractivity contribution < 1.29 is 27.2 Å². The molecule has 0 fully saturated rings. The molecule has 0 aliphatic carbocycles. The maximum absolute atomic E-state index is 12.9. The van der Waals surface area contributed by atoms with E-state index in [2.05, 4.69) is 5.32 Å². The number of alkyl halides is 3. The summed E-state index contributed by atoms with van der Waals surface area (Å²) in [4.78, 5) is 24.9. The van der Waals surface area contributed by atoms with Crippen LogP contribution in [0.25, 0.3) is 6.08 Å². The fraction of sp³-hybridized carbons (Fsp3) is 0.176. The highest BCUT2D eigenvalue weighted by molar-refractivity contribution is 5.98. The molecule has 0 atom stereocenters. The average molecular weight is 352 g/mol. The molecule has 1 aromatic heterocycles. The van der Waals surface area contributed by atoms with E-state index in [1.54, 1.807) is 12.1 Å².